The molecule has 3 heterocycles. The number of alkyl halides is 3. The number of nitrogens with two attached hydrogens (primary N) is 1. The first kappa shape index (κ1) is 29.7. The van der Waals surface area contributed by atoms with Crippen molar-refractivity contribution in [3.8, 4) is 0 Å². The average Bonchev–Trinajstić information content (AvgIpc) is 3.36. The van der Waals surface area contributed by atoms with Crippen LogP contribution in [0.1, 0.15) is 67.4 Å². The summed E-state index contributed by atoms with van der Waals surface area (Å²) < 4.78 is 70.8. The smallest absolute Gasteiger partial charge is 0.399 e. The summed E-state index contributed by atoms with van der Waals surface area (Å²) in [5, 5.41) is 3.07. The van der Waals surface area contributed by atoms with E-state index in [1.165, 1.54) is 30.0 Å². The van der Waals surface area contributed by atoms with E-state index >= 15 is 8.78 Å². The Hall–Kier alpha value is -3.80. The maximum absolute atomic E-state index is 15.1. The molecule has 0 bridgehead atoms. The van der Waals surface area contributed by atoms with Crippen LogP contribution in [0.2, 0.25) is 0 Å². The molecule has 1 amide bonds. The summed E-state index contributed by atoms with van der Waals surface area (Å²) >= 11 is 0. The standard InChI is InChI=1S/C30H33F5N6O/c1-4-5-11-40-12-10-29(16-40)26-21(15-41(28(29)42)24-9-7-6-8-23(24)31)27(39-18(3)38-26)37-17(2)20-13-19(36)14-22(25(20)32)30(33,34)35/h6-9,13-14,17H,4-5,10-12,15-16,36H2,1-3H3,(H,37,38,39)/t17-,29?/m1/s1. The molecule has 1 saturated heterocycles. The van der Waals surface area contributed by atoms with Gasteiger partial charge in [0.1, 0.15) is 28.7 Å². The number of carbonyl (C=O) groups excluding carboxylic acids is 1. The van der Waals surface area contributed by atoms with Crippen LogP contribution >= 0.6 is 0 Å². The number of nitrogen functional groups attached to an aromatic ring is 1. The monoisotopic (exact) mass is 588 g/mol. The molecule has 2 aliphatic heterocycles. The molecule has 1 unspecified atom stereocenters. The Morgan fingerprint density at radius 3 is 2.60 bits per heavy atom. The van der Waals surface area contributed by atoms with Crippen LogP contribution in [0.4, 0.5) is 39.1 Å². The Kier molecular flexibility index (Phi) is 7.86. The molecule has 1 spiro atoms. The number of aromatic nitrogens is 2. The van der Waals surface area contributed by atoms with Crippen LogP contribution in [0, 0.1) is 18.6 Å². The van der Waals surface area contributed by atoms with Gasteiger partial charge in [-0.25, -0.2) is 18.7 Å². The number of nitrogens with zero attached hydrogens (tertiary/aromatic N) is 4. The summed E-state index contributed by atoms with van der Waals surface area (Å²) in [7, 11) is 0. The first-order valence-electron chi connectivity index (χ1n) is 13.9. The van der Waals surface area contributed by atoms with Crippen LogP contribution in [0.25, 0.3) is 0 Å². The van der Waals surface area contributed by atoms with E-state index in [1.54, 1.807) is 13.0 Å². The van der Waals surface area contributed by atoms with Crippen LogP contribution < -0.4 is 16.0 Å². The first-order chi connectivity index (χ1) is 19.9. The molecule has 5 rings (SSSR count). The van der Waals surface area contributed by atoms with Gasteiger partial charge in [0, 0.05) is 23.4 Å². The third kappa shape index (κ3) is 5.28. The van der Waals surface area contributed by atoms with Crippen molar-refractivity contribution in [2.75, 3.05) is 35.6 Å². The molecule has 1 aromatic heterocycles. The molecule has 3 N–H and O–H groups in total. The first-order valence-corrected chi connectivity index (χ1v) is 13.9. The van der Waals surface area contributed by atoms with E-state index < -0.39 is 34.8 Å². The zero-order valence-electron chi connectivity index (χ0n) is 23.7. The van der Waals surface area contributed by atoms with Gasteiger partial charge in [0.25, 0.3) is 0 Å². The number of para-hydroxylation sites is 1. The van der Waals surface area contributed by atoms with E-state index in [4.69, 9.17) is 10.7 Å². The number of nitrogens with one attached hydrogen (secondary N) is 1. The number of carbonyl (C=O) groups is 1. The highest BCUT2D eigenvalue weighted by atomic mass is 19.4. The second-order valence-corrected chi connectivity index (χ2v) is 11.1. The Morgan fingerprint density at radius 1 is 1.17 bits per heavy atom. The third-order valence-electron chi connectivity index (χ3n) is 8.11. The van der Waals surface area contributed by atoms with Crippen LogP contribution in [0.15, 0.2) is 36.4 Å². The van der Waals surface area contributed by atoms with Crippen LogP contribution in [0.3, 0.4) is 0 Å². The maximum atomic E-state index is 15.1. The Balaban J connectivity index is 1.62. The number of unbranched alkanes of at least 4 members (excludes halogenated alkanes) is 1. The number of halogens is 5. The highest BCUT2D eigenvalue weighted by molar-refractivity contribution is 6.03. The van der Waals surface area contributed by atoms with Crippen molar-refractivity contribution in [2.24, 2.45) is 0 Å². The molecule has 224 valence electrons. The third-order valence-corrected chi connectivity index (χ3v) is 8.11. The number of rotatable bonds is 7. The van der Waals surface area contributed by atoms with Gasteiger partial charge in [0.2, 0.25) is 5.91 Å². The van der Waals surface area contributed by atoms with Crippen LogP contribution in [0.5, 0.6) is 0 Å². The molecule has 12 heteroatoms. The maximum Gasteiger partial charge on any atom is 0.419 e. The molecule has 0 aliphatic carbocycles. The van der Waals surface area contributed by atoms with Gasteiger partial charge in [-0.3, -0.25) is 4.79 Å². The molecule has 0 radical (unpaired) electrons. The van der Waals surface area contributed by atoms with Crippen molar-refractivity contribution in [3.05, 3.63) is 76.2 Å². The van der Waals surface area contributed by atoms with Crippen molar-refractivity contribution in [1.82, 2.24) is 14.9 Å². The second-order valence-electron chi connectivity index (χ2n) is 11.1. The van der Waals surface area contributed by atoms with Crippen molar-refractivity contribution < 1.29 is 26.7 Å². The van der Waals surface area contributed by atoms with E-state index in [0.29, 0.717) is 42.7 Å². The summed E-state index contributed by atoms with van der Waals surface area (Å²) in [6, 6.07) is 6.71. The number of benzene rings is 2. The van der Waals surface area contributed by atoms with Gasteiger partial charge in [-0.15, -0.1) is 0 Å². The predicted octanol–water partition coefficient (Wildman–Crippen LogP) is 6.13. The minimum Gasteiger partial charge on any atom is -0.399 e. The summed E-state index contributed by atoms with van der Waals surface area (Å²) in [6.07, 6.45) is -2.54. The molecule has 3 aromatic rings. The van der Waals surface area contributed by atoms with Crippen molar-refractivity contribution >= 4 is 23.1 Å². The van der Waals surface area contributed by atoms with E-state index in [-0.39, 0.29) is 35.2 Å². The highest BCUT2D eigenvalue weighted by Gasteiger charge is 2.54. The van der Waals surface area contributed by atoms with Gasteiger partial charge in [0.15, 0.2) is 0 Å². The van der Waals surface area contributed by atoms with Crippen LogP contribution in [-0.4, -0.2) is 40.4 Å². The number of anilines is 3. The van der Waals surface area contributed by atoms with Gasteiger partial charge in [-0.05, 0) is 64.0 Å². The molecule has 1 fully saturated rings. The van der Waals surface area contributed by atoms with Crippen molar-refractivity contribution in [3.63, 3.8) is 0 Å². The minimum absolute atomic E-state index is 0.0750. The predicted molar refractivity (Wildman–Crippen MR) is 150 cm³/mol. The quantitative estimate of drug-likeness (QED) is 0.255. The lowest BCUT2D eigenvalue weighted by atomic mass is 9.76. The number of hydrogen-bond donors (Lipinski definition) is 2. The topological polar surface area (TPSA) is 87.4 Å². The molecule has 2 aliphatic rings. The zero-order valence-corrected chi connectivity index (χ0v) is 23.7. The lowest BCUT2D eigenvalue weighted by Crippen LogP contribution is -2.54. The largest absolute Gasteiger partial charge is 0.419 e. The fourth-order valence-corrected chi connectivity index (χ4v) is 6.02. The van der Waals surface area contributed by atoms with Gasteiger partial charge in [-0.1, -0.05) is 25.5 Å². The minimum atomic E-state index is -4.93. The fourth-order valence-electron chi connectivity index (χ4n) is 6.02. The highest BCUT2D eigenvalue weighted by Crippen LogP contribution is 2.45. The zero-order chi connectivity index (χ0) is 30.4. The summed E-state index contributed by atoms with van der Waals surface area (Å²) in [5.74, 6) is -1.69. The van der Waals surface area contributed by atoms with Gasteiger partial charge in [-0.2, -0.15) is 13.2 Å². The number of amides is 1. The van der Waals surface area contributed by atoms with Crippen molar-refractivity contribution in [1.29, 1.82) is 0 Å². The normalized spacial score (nSPS) is 19.8. The Bertz CT molecular complexity index is 1510. The van der Waals surface area contributed by atoms with Gasteiger partial charge >= 0.3 is 6.18 Å². The molecule has 2 aromatic carbocycles. The van der Waals surface area contributed by atoms with E-state index in [9.17, 15) is 18.0 Å². The van der Waals surface area contributed by atoms with Gasteiger partial charge in [0.05, 0.1) is 29.5 Å². The van der Waals surface area contributed by atoms with E-state index in [2.05, 4.69) is 22.1 Å². The molecular weight excluding hydrogens is 555 g/mol. The molecule has 0 saturated carbocycles. The fraction of sp³-hybridized carbons (Fsp3) is 0.433. The van der Waals surface area contributed by atoms with Gasteiger partial charge < -0.3 is 20.9 Å². The Labute approximate surface area is 240 Å². The van der Waals surface area contributed by atoms with Crippen molar-refractivity contribution in [2.45, 2.75) is 64.2 Å². The van der Waals surface area contributed by atoms with Crippen LogP contribution in [-0.2, 0) is 22.9 Å². The number of hydrogen-bond acceptors (Lipinski definition) is 6. The van der Waals surface area contributed by atoms with E-state index in [0.717, 1.165) is 25.5 Å². The van der Waals surface area contributed by atoms with E-state index in [1.807, 2.05) is 0 Å². The SMILES string of the molecule is CCCCN1CCC2(C1)C(=O)N(c1ccccc1F)Cc1c(N[C@H](C)c3cc(N)cc(C(F)(F)F)c3F)nc(C)nc12. The summed E-state index contributed by atoms with van der Waals surface area (Å²) in [6.45, 7) is 6.99. The Morgan fingerprint density at radius 2 is 1.90 bits per heavy atom. The lowest BCUT2D eigenvalue weighted by Gasteiger charge is -2.41. The molecule has 42 heavy (non-hydrogen) atoms. The number of likely N-dealkylation sites (tertiary alicyclic amines) is 1. The molecular formula is C30H33F5N6O. The number of aryl methyl sites for hydroxylation is 1. The second kappa shape index (κ2) is 11.1. The average molecular weight is 589 g/mol. The lowest BCUT2D eigenvalue weighted by molar-refractivity contribution is -0.140. The summed E-state index contributed by atoms with van der Waals surface area (Å²) in [4.78, 5) is 27.1. The number of fused-ring (bicyclic) bond motifs is 2. The summed E-state index contributed by atoms with van der Waals surface area (Å²) in [5.41, 5.74) is 3.79. The molecule has 7 nitrogen and oxygen atoms in total. The molecule has 2 atom stereocenters.